The van der Waals surface area contributed by atoms with E-state index in [1.165, 1.54) is 13.1 Å². The maximum atomic E-state index is 13.4. The van der Waals surface area contributed by atoms with Gasteiger partial charge in [0.05, 0.1) is 23.6 Å². The zero-order chi connectivity index (χ0) is 31.0. The number of carbonyl (C=O) groups is 4. The van der Waals surface area contributed by atoms with E-state index in [0.29, 0.717) is 17.7 Å². The lowest BCUT2D eigenvalue weighted by Gasteiger charge is -2.27. The molecule has 2 aromatic carbocycles. The van der Waals surface area contributed by atoms with E-state index in [4.69, 9.17) is 4.74 Å². The zero-order valence-corrected chi connectivity index (χ0v) is 22.0. The number of alkyl halides is 6. The molecule has 222 valence electrons. The number of benzene rings is 2. The van der Waals surface area contributed by atoms with Gasteiger partial charge in [-0.25, -0.2) is 4.79 Å². The lowest BCUT2D eigenvalue weighted by Crippen LogP contribution is -2.38. The Balaban J connectivity index is 1.69. The van der Waals surface area contributed by atoms with E-state index in [-0.39, 0.29) is 18.9 Å². The molecule has 0 radical (unpaired) electrons. The number of imide groups is 1. The molecule has 2 unspecified atom stereocenters. The molecule has 2 atom stereocenters. The number of esters is 1. The highest BCUT2D eigenvalue weighted by Crippen LogP contribution is 2.36. The second kappa shape index (κ2) is 11.3. The van der Waals surface area contributed by atoms with Gasteiger partial charge < -0.3 is 14.2 Å². The molecule has 1 aliphatic rings. The van der Waals surface area contributed by atoms with Crippen molar-refractivity contribution >= 4 is 34.6 Å². The molecule has 4 rings (SSSR count). The van der Waals surface area contributed by atoms with Crippen molar-refractivity contribution in [2.24, 2.45) is 7.05 Å². The van der Waals surface area contributed by atoms with Crippen LogP contribution in [0.25, 0.3) is 10.9 Å². The van der Waals surface area contributed by atoms with Crippen molar-refractivity contribution in [3.63, 3.8) is 0 Å². The quantitative estimate of drug-likeness (QED) is 0.189. The highest BCUT2D eigenvalue weighted by Gasteiger charge is 2.38. The number of hydrogen-bond acceptors (Lipinski definition) is 5. The third kappa shape index (κ3) is 6.64. The van der Waals surface area contributed by atoms with E-state index in [1.54, 1.807) is 36.0 Å². The summed E-state index contributed by atoms with van der Waals surface area (Å²) in [6.07, 6.45) is -8.25. The molecule has 1 saturated heterocycles. The number of likely N-dealkylation sites (N-methyl/N-ethyl adjacent to an activating group) is 1. The van der Waals surface area contributed by atoms with Gasteiger partial charge in [0.2, 0.25) is 5.91 Å². The number of carbonyl (C=O) groups excluding carboxylic acids is 4. The number of nitrogens with one attached hydrogen (secondary N) is 1. The zero-order valence-electron chi connectivity index (χ0n) is 22.0. The van der Waals surface area contributed by atoms with Crippen LogP contribution in [0, 0.1) is 0 Å². The predicted octanol–water partition coefficient (Wildman–Crippen LogP) is 4.41. The molecule has 0 spiro atoms. The van der Waals surface area contributed by atoms with Crippen LogP contribution in [-0.2, 0) is 44.9 Å². The number of para-hydroxylation sites is 1. The summed E-state index contributed by atoms with van der Waals surface area (Å²) in [4.78, 5) is 49.8. The molecule has 1 N–H and O–H groups in total. The number of aryl methyl sites for hydroxylation is 1. The fraction of sp³-hybridized carbons (Fsp3) is 0.286. The van der Waals surface area contributed by atoms with Crippen LogP contribution in [0.4, 0.5) is 26.3 Å². The Morgan fingerprint density at radius 2 is 1.69 bits per heavy atom. The molecule has 3 amide bonds. The Kier molecular flexibility index (Phi) is 8.19. The molecule has 0 aliphatic carbocycles. The van der Waals surface area contributed by atoms with Crippen molar-refractivity contribution in [2.45, 2.75) is 37.3 Å². The molecule has 1 aliphatic heterocycles. The van der Waals surface area contributed by atoms with Crippen LogP contribution in [0.1, 0.15) is 33.5 Å². The number of hydrogen-bond donors (Lipinski definition) is 1. The van der Waals surface area contributed by atoms with Crippen molar-refractivity contribution in [1.82, 2.24) is 14.8 Å². The Morgan fingerprint density at radius 1 is 1.07 bits per heavy atom. The van der Waals surface area contributed by atoms with Gasteiger partial charge >= 0.3 is 18.3 Å². The summed E-state index contributed by atoms with van der Waals surface area (Å²) in [7, 11) is 2.93. The third-order valence-corrected chi connectivity index (χ3v) is 6.70. The summed E-state index contributed by atoms with van der Waals surface area (Å²) >= 11 is 0. The van der Waals surface area contributed by atoms with Crippen molar-refractivity contribution in [3.05, 3.63) is 83.1 Å². The van der Waals surface area contributed by atoms with Crippen LogP contribution in [0.3, 0.4) is 0 Å². The Morgan fingerprint density at radius 3 is 2.26 bits per heavy atom. The number of nitrogens with zero attached hydrogens (tertiary/aromatic N) is 2. The van der Waals surface area contributed by atoms with Crippen molar-refractivity contribution in [3.8, 4) is 0 Å². The molecule has 3 aromatic rings. The minimum absolute atomic E-state index is 0.000857. The van der Waals surface area contributed by atoms with Crippen LogP contribution in [0.5, 0.6) is 0 Å². The van der Waals surface area contributed by atoms with Crippen molar-refractivity contribution in [1.29, 1.82) is 0 Å². The second-order valence-electron chi connectivity index (χ2n) is 9.67. The number of fused-ring (bicyclic) bond motifs is 1. The van der Waals surface area contributed by atoms with Crippen LogP contribution >= 0.6 is 0 Å². The van der Waals surface area contributed by atoms with Crippen LogP contribution in [0.2, 0.25) is 0 Å². The topological polar surface area (TPSA) is 97.7 Å². The largest absolute Gasteiger partial charge is 0.449 e. The van der Waals surface area contributed by atoms with Gasteiger partial charge in [0.1, 0.15) is 0 Å². The Hall–Kier alpha value is -4.62. The SMILES string of the molecule is CN(C(=O)c1cc(C(F)(F)F)cc(C(F)(F)F)c1)C(C=CC(=O)OC1CC(=O)NC1=O)Cc1cn(C)c2ccccc12. The first kappa shape index (κ1) is 30.3. The molecule has 1 aromatic heterocycles. The summed E-state index contributed by atoms with van der Waals surface area (Å²) in [6.45, 7) is 0. The van der Waals surface area contributed by atoms with Gasteiger partial charge in [-0.3, -0.25) is 19.7 Å². The average Bonchev–Trinajstić information content (AvgIpc) is 3.40. The number of aromatic nitrogens is 1. The van der Waals surface area contributed by atoms with E-state index < -0.39 is 64.9 Å². The van der Waals surface area contributed by atoms with Crippen molar-refractivity contribution < 1.29 is 50.3 Å². The number of amides is 3. The minimum atomic E-state index is -5.16. The average molecular weight is 595 g/mol. The van der Waals surface area contributed by atoms with E-state index >= 15 is 0 Å². The van der Waals surface area contributed by atoms with Crippen LogP contribution in [0.15, 0.2) is 60.8 Å². The maximum Gasteiger partial charge on any atom is 0.416 e. The highest BCUT2D eigenvalue weighted by atomic mass is 19.4. The first-order valence-electron chi connectivity index (χ1n) is 12.4. The van der Waals surface area contributed by atoms with E-state index in [1.807, 2.05) is 11.4 Å². The van der Waals surface area contributed by atoms with Crippen LogP contribution in [-0.4, -0.2) is 52.4 Å². The molecule has 2 heterocycles. The number of rotatable bonds is 7. The van der Waals surface area contributed by atoms with Gasteiger partial charge in [-0.2, -0.15) is 26.3 Å². The molecule has 0 bridgehead atoms. The fourth-order valence-corrected chi connectivity index (χ4v) is 4.57. The third-order valence-electron chi connectivity index (χ3n) is 6.70. The highest BCUT2D eigenvalue weighted by molar-refractivity contribution is 6.06. The summed E-state index contributed by atoms with van der Waals surface area (Å²) in [5.41, 5.74) is -2.68. The number of ether oxygens (including phenoxy) is 1. The van der Waals surface area contributed by atoms with E-state index in [2.05, 4.69) is 0 Å². The van der Waals surface area contributed by atoms with Gasteiger partial charge in [-0.15, -0.1) is 0 Å². The monoisotopic (exact) mass is 595 g/mol. The molecule has 42 heavy (non-hydrogen) atoms. The second-order valence-corrected chi connectivity index (χ2v) is 9.67. The first-order chi connectivity index (χ1) is 19.5. The summed E-state index contributed by atoms with van der Waals surface area (Å²) < 4.78 is 87.3. The van der Waals surface area contributed by atoms with Gasteiger partial charge in [-0.05, 0) is 36.2 Å². The molecule has 8 nitrogen and oxygen atoms in total. The fourth-order valence-electron chi connectivity index (χ4n) is 4.57. The van der Waals surface area contributed by atoms with Gasteiger partial charge in [-0.1, -0.05) is 24.3 Å². The van der Waals surface area contributed by atoms with Crippen LogP contribution < -0.4 is 5.32 Å². The predicted molar refractivity (Wildman–Crippen MR) is 136 cm³/mol. The maximum absolute atomic E-state index is 13.4. The summed E-state index contributed by atoms with van der Waals surface area (Å²) in [6, 6.07) is 6.68. The van der Waals surface area contributed by atoms with E-state index in [0.717, 1.165) is 21.9 Å². The van der Waals surface area contributed by atoms with Gasteiger partial charge in [0.15, 0.2) is 6.10 Å². The minimum Gasteiger partial charge on any atom is -0.449 e. The Labute approximate surface area is 234 Å². The Bertz CT molecular complexity index is 1560. The standard InChI is InChI=1S/C28H23F6N3O5/c1-36-14-16(20-5-3-4-6-21(20)36)11-19(7-8-24(39)42-22-13-23(38)35-25(22)40)37(2)26(41)15-9-17(27(29,30)31)12-18(10-15)28(32,33)34/h3-10,12,14,19,22H,11,13H2,1-2H3,(H,35,38,40). The van der Waals surface area contributed by atoms with Crippen molar-refractivity contribution in [2.75, 3.05) is 7.05 Å². The molecular weight excluding hydrogens is 572 g/mol. The molecule has 1 fully saturated rings. The summed E-state index contributed by atoms with van der Waals surface area (Å²) in [5.74, 6) is -3.67. The first-order valence-corrected chi connectivity index (χ1v) is 12.4. The lowest BCUT2D eigenvalue weighted by molar-refractivity contribution is -0.149. The lowest BCUT2D eigenvalue weighted by atomic mass is 10.0. The molecular formula is C28H23F6N3O5. The normalized spacial score (nSPS) is 16.6. The number of halogens is 6. The summed E-state index contributed by atoms with van der Waals surface area (Å²) in [5, 5.41) is 2.74. The van der Waals surface area contributed by atoms with Gasteiger partial charge in [0.25, 0.3) is 11.8 Å². The smallest absolute Gasteiger partial charge is 0.416 e. The molecule has 0 saturated carbocycles. The molecule has 14 heteroatoms. The van der Waals surface area contributed by atoms with Gasteiger partial charge in [0, 0.05) is 42.8 Å². The van der Waals surface area contributed by atoms with E-state index in [9.17, 15) is 45.5 Å².